The topological polar surface area (TPSA) is 51.8 Å². The van der Waals surface area contributed by atoms with Crippen molar-refractivity contribution in [3.05, 3.63) is 187 Å². The van der Waals surface area contributed by atoms with Gasteiger partial charge in [-0.2, -0.15) is 0 Å². The Bertz CT molecular complexity index is 3490. The van der Waals surface area contributed by atoms with Gasteiger partial charge in [-0.3, -0.25) is 0 Å². The van der Waals surface area contributed by atoms with Crippen LogP contribution in [0.25, 0.3) is 110 Å². The fraction of sp³-hybridized carbons (Fsp3) is 0.0556. The minimum Gasteiger partial charge on any atom is -0.456 e. The van der Waals surface area contributed by atoms with Crippen molar-refractivity contribution < 1.29 is 4.42 Å². The average Bonchev–Trinajstić information content (AvgIpc) is 3.94. The standard InChI is InChI=1S/C54H35N3OS/c1-54(2)43-21-8-6-17-37(43)41-30-34(25-27-44(41)54)35-26-28-45-42(31-35)49-39(19-11-22-46(49)58-45)52-55-51(36-16-10-15-33(29-36)32-13-4-3-5-14-32)56-53(57-52)40-20-12-24-48-50(40)38-18-7-9-23-47(38)59-48/h3-31H,1-2H3. The van der Waals surface area contributed by atoms with Gasteiger partial charge in [0.1, 0.15) is 11.2 Å². The van der Waals surface area contributed by atoms with E-state index in [4.69, 9.17) is 19.4 Å². The fourth-order valence-corrected chi connectivity index (χ4v) is 10.4. The predicted molar refractivity (Wildman–Crippen MR) is 245 cm³/mol. The maximum atomic E-state index is 6.57. The Kier molecular flexibility index (Phi) is 7.41. The van der Waals surface area contributed by atoms with Gasteiger partial charge in [-0.1, -0.05) is 147 Å². The van der Waals surface area contributed by atoms with E-state index in [-0.39, 0.29) is 5.41 Å². The number of thiophene rings is 1. The van der Waals surface area contributed by atoms with Crippen LogP contribution in [0.5, 0.6) is 0 Å². The van der Waals surface area contributed by atoms with E-state index < -0.39 is 0 Å². The Morgan fingerprint density at radius 1 is 0.390 bits per heavy atom. The van der Waals surface area contributed by atoms with Crippen molar-refractivity contribution in [2.24, 2.45) is 0 Å². The predicted octanol–water partition coefficient (Wildman–Crippen LogP) is 14.8. The summed E-state index contributed by atoms with van der Waals surface area (Å²) in [5.74, 6) is 1.85. The van der Waals surface area contributed by atoms with Crippen LogP contribution in [0.15, 0.2) is 180 Å². The van der Waals surface area contributed by atoms with Gasteiger partial charge in [0.2, 0.25) is 0 Å². The van der Waals surface area contributed by atoms with Crippen molar-refractivity contribution in [2.45, 2.75) is 19.3 Å². The first-order valence-electron chi connectivity index (χ1n) is 20.0. The maximum Gasteiger partial charge on any atom is 0.164 e. The Hall–Kier alpha value is -7.21. The molecule has 0 N–H and O–H groups in total. The molecular formula is C54H35N3OS. The third-order valence-electron chi connectivity index (χ3n) is 12.2. The number of hydrogen-bond acceptors (Lipinski definition) is 5. The van der Waals surface area contributed by atoms with Crippen LogP contribution in [-0.2, 0) is 5.41 Å². The van der Waals surface area contributed by atoms with E-state index in [1.165, 1.54) is 42.6 Å². The average molecular weight is 774 g/mol. The van der Waals surface area contributed by atoms with Crippen LogP contribution >= 0.6 is 11.3 Å². The van der Waals surface area contributed by atoms with Gasteiger partial charge in [0.15, 0.2) is 17.5 Å². The molecule has 5 heteroatoms. The summed E-state index contributed by atoms with van der Waals surface area (Å²) in [6, 6.07) is 62.4. The monoisotopic (exact) mass is 773 g/mol. The molecule has 0 atom stereocenters. The highest BCUT2D eigenvalue weighted by Crippen LogP contribution is 2.50. The van der Waals surface area contributed by atoms with Crippen LogP contribution < -0.4 is 0 Å². The molecule has 11 aromatic rings. The molecular weight excluding hydrogens is 739 g/mol. The Morgan fingerprint density at radius 2 is 1.00 bits per heavy atom. The second kappa shape index (κ2) is 12.9. The van der Waals surface area contributed by atoms with Crippen LogP contribution in [0.4, 0.5) is 0 Å². The summed E-state index contributed by atoms with van der Waals surface area (Å²) in [5, 5.41) is 4.37. The molecule has 0 fully saturated rings. The molecule has 59 heavy (non-hydrogen) atoms. The molecule has 0 bridgehead atoms. The number of rotatable bonds is 5. The zero-order chi connectivity index (χ0) is 39.2. The van der Waals surface area contributed by atoms with Gasteiger partial charge < -0.3 is 4.42 Å². The number of aromatic nitrogens is 3. The van der Waals surface area contributed by atoms with E-state index in [0.29, 0.717) is 17.5 Å². The van der Waals surface area contributed by atoms with Gasteiger partial charge in [0.05, 0.1) is 0 Å². The second-order valence-electron chi connectivity index (χ2n) is 16.0. The summed E-state index contributed by atoms with van der Waals surface area (Å²) in [6.45, 7) is 4.65. The SMILES string of the molecule is CC1(C)c2ccccc2-c2cc(-c3ccc4oc5cccc(-c6nc(-c7cccc(-c8ccccc8)c7)nc(-c7cccc8sc9ccccc9c78)n6)c5c4c3)ccc21. The summed E-state index contributed by atoms with van der Waals surface area (Å²) in [5.41, 5.74) is 14.3. The fourth-order valence-electron chi connectivity index (χ4n) is 9.27. The third-order valence-corrected chi connectivity index (χ3v) is 13.3. The van der Waals surface area contributed by atoms with Crippen molar-refractivity contribution in [3.8, 4) is 67.5 Å². The quantitative estimate of drug-likeness (QED) is 0.175. The maximum absolute atomic E-state index is 6.57. The van der Waals surface area contributed by atoms with E-state index in [2.05, 4.69) is 172 Å². The van der Waals surface area contributed by atoms with Gasteiger partial charge in [-0.25, -0.2) is 15.0 Å². The van der Waals surface area contributed by atoms with Crippen molar-refractivity contribution >= 4 is 53.4 Å². The minimum absolute atomic E-state index is 0.0444. The first-order chi connectivity index (χ1) is 29.0. The first-order valence-corrected chi connectivity index (χ1v) is 20.8. The zero-order valence-corrected chi connectivity index (χ0v) is 33.2. The number of furan rings is 1. The number of nitrogens with zero attached hydrogens (tertiary/aromatic N) is 3. The molecule has 0 unspecified atom stereocenters. The van der Waals surface area contributed by atoms with E-state index in [1.807, 2.05) is 18.2 Å². The summed E-state index contributed by atoms with van der Waals surface area (Å²) in [4.78, 5) is 15.9. The lowest BCUT2D eigenvalue weighted by molar-refractivity contribution is 0.660. The van der Waals surface area contributed by atoms with Gasteiger partial charge in [0, 0.05) is 53.1 Å². The van der Waals surface area contributed by atoms with Crippen LogP contribution in [0, 0.1) is 0 Å². The van der Waals surface area contributed by atoms with E-state index in [1.54, 1.807) is 11.3 Å². The minimum atomic E-state index is -0.0444. The first kappa shape index (κ1) is 33.9. The molecule has 0 saturated heterocycles. The van der Waals surface area contributed by atoms with Crippen LogP contribution in [0.3, 0.4) is 0 Å². The smallest absolute Gasteiger partial charge is 0.164 e. The molecule has 4 nitrogen and oxygen atoms in total. The molecule has 1 aliphatic carbocycles. The van der Waals surface area contributed by atoms with E-state index >= 15 is 0 Å². The summed E-state index contributed by atoms with van der Waals surface area (Å²) in [7, 11) is 0. The lowest BCUT2D eigenvalue weighted by atomic mass is 9.82. The van der Waals surface area contributed by atoms with E-state index in [9.17, 15) is 0 Å². The Morgan fingerprint density at radius 3 is 1.88 bits per heavy atom. The normalized spacial score (nSPS) is 13.1. The van der Waals surface area contributed by atoms with Crippen molar-refractivity contribution in [1.82, 2.24) is 15.0 Å². The summed E-state index contributed by atoms with van der Waals surface area (Å²) < 4.78 is 9.01. The second-order valence-corrected chi connectivity index (χ2v) is 17.0. The largest absolute Gasteiger partial charge is 0.456 e. The number of fused-ring (bicyclic) bond motifs is 9. The summed E-state index contributed by atoms with van der Waals surface area (Å²) >= 11 is 1.79. The molecule has 0 radical (unpaired) electrons. The van der Waals surface area contributed by atoms with Gasteiger partial charge in [0.25, 0.3) is 0 Å². The lowest BCUT2D eigenvalue weighted by Crippen LogP contribution is -2.14. The molecule has 278 valence electrons. The van der Waals surface area contributed by atoms with E-state index in [0.717, 1.165) is 60.7 Å². The Labute approximate surface area is 345 Å². The molecule has 0 amide bonds. The molecule has 0 aliphatic heterocycles. The number of benzene rings is 8. The molecule has 3 aromatic heterocycles. The van der Waals surface area contributed by atoms with Crippen LogP contribution in [0.1, 0.15) is 25.0 Å². The Balaban J connectivity index is 1.07. The van der Waals surface area contributed by atoms with Crippen molar-refractivity contribution in [3.63, 3.8) is 0 Å². The lowest BCUT2D eigenvalue weighted by Gasteiger charge is -2.21. The molecule has 8 aromatic carbocycles. The highest BCUT2D eigenvalue weighted by molar-refractivity contribution is 7.25. The highest BCUT2D eigenvalue weighted by Gasteiger charge is 2.35. The van der Waals surface area contributed by atoms with Crippen molar-refractivity contribution in [1.29, 1.82) is 0 Å². The molecule has 0 saturated carbocycles. The van der Waals surface area contributed by atoms with Crippen molar-refractivity contribution in [2.75, 3.05) is 0 Å². The molecule has 0 spiro atoms. The van der Waals surface area contributed by atoms with Gasteiger partial charge in [-0.05, 0) is 87.0 Å². The summed E-state index contributed by atoms with van der Waals surface area (Å²) in [6.07, 6.45) is 0. The molecule has 3 heterocycles. The highest BCUT2D eigenvalue weighted by atomic mass is 32.1. The van der Waals surface area contributed by atoms with Crippen LogP contribution in [0.2, 0.25) is 0 Å². The molecule has 12 rings (SSSR count). The van der Waals surface area contributed by atoms with Gasteiger partial charge >= 0.3 is 0 Å². The zero-order valence-electron chi connectivity index (χ0n) is 32.4. The number of hydrogen-bond donors (Lipinski definition) is 0. The van der Waals surface area contributed by atoms with Crippen LogP contribution in [-0.4, -0.2) is 15.0 Å². The van der Waals surface area contributed by atoms with Gasteiger partial charge in [-0.15, -0.1) is 11.3 Å². The molecule has 1 aliphatic rings. The third kappa shape index (κ3) is 5.32.